The summed E-state index contributed by atoms with van der Waals surface area (Å²) >= 11 is 11.3. The molecule has 1 unspecified atom stereocenters. The predicted octanol–water partition coefficient (Wildman–Crippen LogP) is 2.94. The first kappa shape index (κ1) is 11.3. The van der Waals surface area contributed by atoms with E-state index in [-0.39, 0.29) is 17.4 Å². The normalized spacial score (nSPS) is 12.5. The Morgan fingerprint density at radius 2 is 2.21 bits per heavy atom. The van der Waals surface area contributed by atoms with Crippen molar-refractivity contribution >= 4 is 29.0 Å². The monoisotopic (exact) mass is 232 g/mol. The van der Waals surface area contributed by atoms with Gasteiger partial charge in [-0.15, -0.1) is 23.2 Å². The van der Waals surface area contributed by atoms with E-state index in [0.717, 1.165) is 0 Å². The first-order valence-corrected chi connectivity index (χ1v) is 5.09. The third-order valence-electron chi connectivity index (χ3n) is 1.86. The van der Waals surface area contributed by atoms with Crippen LogP contribution in [0.2, 0.25) is 0 Å². The minimum atomic E-state index is -0.612. The molecule has 14 heavy (non-hydrogen) atoms. The van der Waals surface area contributed by atoms with Crippen molar-refractivity contribution in [2.24, 2.45) is 0 Å². The Morgan fingerprint density at radius 3 is 2.71 bits per heavy atom. The van der Waals surface area contributed by atoms with Crippen molar-refractivity contribution in [1.29, 1.82) is 0 Å². The number of hydrogen-bond acceptors (Lipinski definition) is 2. The molecular weight excluding hydrogens is 223 g/mol. The van der Waals surface area contributed by atoms with Crippen LogP contribution < -0.4 is 0 Å². The fraction of sp³-hybridized carbons (Fsp3) is 0.300. The molecule has 0 heterocycles. The van der Waals surface area contributed by atoms with E-state index < -0.39 is 5.38 Å². The molecule has 0 spiro atoms. The smallest absolute Gasteiger partial charge is 0.180 e. The molecule has 76 valence electrons. The van der Waals surface area contributed by atoms with Crippen LogP contribution in [0.25, 0.3) is 0 Å². The van der Waals surface area contributed by atoms with Crippen LogP contribution in [0.4, 0.5) is 0 Å². The molecule has 1 rings (SSSR count). The molecular formula is C10H10Cl2O2. The van der Waals surface area contributed by atoms with E-state index in [0.29, 0.717) is 11.1 Å². The third-order valence-corrected chi connectivity index (χ3v) is 2.35. The summed E-state index contributed by atoms with van der Waals surface area (Å²) in [5, 5.41) is 8.61. The van der Waals surface area contributed by atoms with E-state index in [2.05, 4.69) is 0 Å². The number of halogens is 2. The molecule has 0 bridgehead atoms. The van der Waals surface area contributed by atoms with E-state index in [4.69, 9.17) is 23.2 Å². The third kappa shape index (κ3) is 2.40. The number of ketones is 1. The number of phenolic OH excluding ortho intramolecular Hbond substituents is 1. The zero-order valence-electron chi connectivity index (χ0n) is 7.63. The molecule has 0 aromatic heterocycles. The Bertz CT molecular complexity index is 348. The maximum Gasteiger partial charge on any atom is 0.180 e. The second-order valence-electron chi connectivity index (χ2n) is 2.96. The van der Waals surface area contributed by atoms with Crippen LogP contribution in [0, 0.1) is 0 Å². The number of rotatable bonds is 3. The molecule has 1 aromatic rings. The summed E-state index contributed by atoms with van der Waals surface area (Å²) in [6.07, 6.45) is 0. The Kier molecular flexibility index (Phi) is 3.78. The Labute approximate surface area is 92.5 Å². The molecule has 0 aliphatic rings. The highest BCUT2D eigenvalue weighted by Gasteiger charge is 2.16. The second-order valence-corrected chi connectivity index (χ2v) is 3.88. The Balaban J connectivity index is 3.17. The molecule has 4 heteroatoms. The number of phenols is 1. The average Bonchev–Trinajstić information content (AvgIpc) is 2.16. The largest absolute Gasteiger partial charge is 0.508 e. The van der Waals surface area contributed by atoms with Crippen LogP contribution in [-0.4, -0.2) is 16.3 Å². The summed E-state index contributed by atoms with van der Waals surface area (Å²) in [4.78, 5) is 11.6. The Hall–Kier alpha value is -0.730. The van der Waals surface area contributed by atoms with E-state index >= 15 is 0 Å². The van der Waals surface area contributed by atoms with Crippen LogP contribution in [-0.2, 0) is 5.88 Å². The number of Topliss-reactive ketones (excluding diaryl/α,β-unsaturated/α-hetero) is 1. The minimum absolute atomic E-state index is 0.0412. The van der Waals surface area contributed by atoms with Crippen LogP contribution in [0.1, 0.15) is 22.8 Å². The first-order chi connectivity index (χ1) is 6.56. The lowest BCUT2D eigenvalue weighted by atomic mass is 10.0. The topological polar surface area (TPSA) is 37.3 Å². The number of carbonyl (C=O) groups excluding carboxylic acids is 1. The number of alkyl halides is 2. The molecule has 1 aromatic carbocycles. The van der Waals surface area contributed by atoms with Crippen LogP contribution in [0.5, 0.6) is 5.75 Å². The molecule has 2 nitrogen and oxygen atoms in total. The van der Waals surface area contributed by atoms with Crippen LogP contribution >= 0.6 is 23.2 Å². The average molecular weight is 233 g/mol. The lowest BCUT2D eigenvalue weighted by molar-refractivity contribution is 0.0990. The zero-order valence-corrected chi connectivity index (χ0v) is 9.14. The van der Waals surface area contributed by atoms with Gasteiger partial charge in [0, 0.05) is 11.4 Å². The molecule has 0 saturated carbocycles. The van der Waals surface area contributed by atoms with Crippen molar-refractivity contribution in [1.82, 2.24) is 0 Å². The lowest BCUT2D eigenvalue weighted by Gasteiger charge is -2.07. The summed E-state index contributed by atoms with van der Waals surface area (Å²) in [6.45, 7) is 1.59. The summed E-state index contributed by atoms with van der Waals surface area (Å²) in [5.41, 5.74) is 1.07. The summed E-state index contributed by atoms with van der Waals surface area (Å²) in [6, 6.07) is 4.50. The van der Waals surface area contributed by atoms with Gasteiger partial charge < -0.3 is 5.11 Å². The molecule has 0 aliphatic heterocycles. The first-order valence-electron chi connectivity index (χ1n) is 4.12. The fourth-order valence-electron chi connectivity index (χ4n) is 1.12. The van der Waals surface area contributed by atoms with E-state index in [1.807, 2.05) is 0 Å². The lowest BCUT2D eigenvalue weighted by Crippen LogP contribution is -2.12. The quantitative estimate of drug-likeness (QED) is 0.643. The number of hydrogen-bond donors (Lipinski definition) is 1. The summed E-state index contributed by atoms with van der Waals surface area (Å²) in [7, 11) is 0. The molecule has 1 N–H and O–H groups in total. The van der Waals surface area contributed by atoms with Crippen molar-refractivity contribution in [2.75, 3.05) is 0 Å². The number of carbonyl (C=O) groups is 1. The number of aromatic hydroxyl groups is 1. The van der Waals surface area contributed by atoms with Gasteiger partial charge in [0.05, 0.1) is 5.38 Å². The van der Waals surface area contributed by atoms with Crippen molar-refractivity contribution in [3.05, 3.63) is 29.3 Å². The van der Waals surface area contributed by atoms with Crippen molar-refractivity contribution < 1.29 is 9.90 Å². The maximum atomic E-state index is 11.6. The van der Waals surface area contributed by atoms with Gasteiger partial charge in [0.2, 0.25) is 0 Å². The van der Waals surface area contributed by atoms with Crippen molar-refractivity contribution in [3.63, 3.8) is 0 Å². The van der Waals surface area contributed by atoms with Gasteiger partial charge in [-0.1, -0.05) is 6.07 Å². The molecule has 0 amide bonds. The van der Waals surface area contributed by atoms with E-state index in [1.54, 1.807) is 13.0 Å². The van der Waals surface area contributed by atoms with Gasteiger partial charge in [-0.05, 0) is 24.6 Å². The van der Waals surface area contributed by atoms with Gasteiger partial charge in [0.15, 0.2) is 5.78 Å². The van der Waals surface area contributed by atoms with Gasteiger partial charge in [0.25, 0.3) is 0 Å². The summed E-state index contributed by atoms with van der Waals surface area (Å²) in [5.74, 6) is 0.0445. The standard InChI is InChI=1S/C10H10Cl2O2/c1-6(12)10(14)9-4-8(13)3-2-7(9)5-11/h2-4,6,13H,5H2,1H3. The van der Waals surface area contributed by atoms with Gasteiger partial charge >= 0.3 is 0 Å². The predicted molar refractivity (Wildman–Crippen MR) is 57.3 cm³/mol. The van der Waals surface area contributed by atoms with Crippen molar-refractivity contribution in [2.45, 2.75) is 18.2 Å². The molecule has 0 radical (unpaired) electrons. The van der Waals surface area contributed by atoms with Crippen molar-refractivity contribution in [3.8, 4) is 5.75 Å². The van der Waals surface area contributed by atoms with Gasteiger partial charge in [0.1, 0.15) is 5.75 Å². The Morgan fingerprint density at radius 1 is 1.57 bits per heavy atom. The highest BCUT2D eigenvalue weighted by molar-refractivity contribution is 6.34. The number of benzene rings is 1. The maximum absolute atomic E-state index is 11.6. The highest BCUT2D eigenvalue weighted by atomic mass is 35.5. The van der Waals surface area contributed by atoms with Crippen LogP contribution in [0.3, 0.4) is 0 Å². The van der Waals surface area contributed by atoms with E-state index in [1.165, 1.54) is 12.1 Å². The highest BCUT2D eigenvalue weighted by Crippen LogP contribution is 2.21. The summed E-state index contributed by atoms with van der Waals surface area (Å²) < 4.78 is 0. The van der Waals surface area contributed by atoms with Gasteiger partial charge in [-0.25, -0.2) is 0 Å². The molecule has 0 fully saturated rings. The molecule has 0 saturated heterocycles. The van der Waals surface area contributed by atoms with Gasteiger partial charge in [-0.2, -0.15) is 0 Å². The SMILES string of the molecule is CC(Cl)C(=O)c1cc(O)ccc1CCl. The zero-order chi connectivity index (χ0) is 10.7. The van der Waals surface area contributed by atoms with Gasteiger partial charge in [-0.3, -0.25) is 4.79 Å². The minimum Gasteiger partial charge on any atom is -0.508 e. The fourth-order valence-corrected chi connectivity index (χ4v) is 1.48. The second kappa shape index (κ2) is 4.67. The molecule has 1 atom stereocenters. The molecule has 0 aliphatic carbocycles. The van der Waals surface area contributed by atoms with E-state index in [9.17, 15) is 9.90 Å². The van der Waals surface area contributed by atoms with Crippen LogP contribution in [0.15, 0.2) is 18.2 Å².